The van der Waals surface area contributed by atoms with E-state index in [1.54, 1.807) is 47.3 Å². The molecule has 0 aliphatic carbocycles. The molecule has 50 heavy (non-hydrogen) atoms. The number of hydrogen-bond acceptors (Lipinski definition) is 9. The van der Waals surface area contributed by atoms with Crippen molar-refractivity contribution in [2.24, 2.45) is 0 Å². The molecule has 0 saturated carbocycles. The smallest absolute Gasteiger partial charge is 0.338 e. The van der Waals surface area contributed by atoms with Crippen molar-refractivity contribution in [1.82, 2.24) is 23.9 Å². The number of nitrogens with one attached hydrogen (secondary N) is 2. The molecule has 0 unspecified atom stereocenters. The highest BCUT2D eigenvalue weighted by Gasteiger charge is 2.27. The van der Waals surface area contributed by atoms with Gasteiger partial charge in [-0.2, -0.15) is 4.79 Å². The van der Waals surface area contributed by atoms with Gasteiger partial charge in [-0.15, -0.1) is 14.1 Å². The van der Waals surface area contributed by atoms with Crippen LogP contribution in [0.25, 0.3) is 27.8 Å². The molecule has 0 saturated heterocycles. The summed E-state index contributed by atoms with van der Waals surface area (Å²) in [6.07, 6.45) is 0. The summed E-state index contributed by atoms with van der Waals surface area (Å²) in [5.74, 6) is -0.789. The second kappa shape index (κ2) is 13.0. The fraction of sp³-hybridized carbons (Fsp3) is 0.278. The second-order valence-electron chi connectivity index (χ2n) is 11.9. The number of anilines is 3. The molecular weight excluding hydrogens is 640 g/mol. The third-order valence-corrected chi connectivity index (χ3v) is 9.05. The third kappa shape index (κ3) is 5.67. The van der Waals surface area contributed by atoms with E-state index in [0.717, 1.165) is 54.1 Å². The molecular formula is C36H40N8O6. The summed E-state index contributed by atoms with van der Waals surface area (Å²) in [6, 6.07) is 21.4. The van der Waals surface area contributed by atoms with Crippen molar-refractivity contribution in [3.05, 3.63) is 83.9 Å². The van der Waals surface area contributed by atoms with E-state index in [-0.39, 0.29) is 24.7 Å². The summed E-state index contributed by atoms with van der Waals surface area (Å²) in [5, 5.41) is 24.4. The lowest BCUT2D eigenvalue weighted by Crippen LogP contribution is -2.22. The normalized spacial score (nSPS) is 11.6. The molecule has 0 fully saturated rings. The van der Waals surface area contributed by atoms with Crippen LogP contribution in [0.2, 0.25) is 0 Å². The Hall–Kier alpha value is -6.18. The molecule has 14 nitrogen and oxygen atoms in total. The minimum absolute atomic E-state index is 0.103. The van der Waals surface area contributed by atoms with Crippen LogP contribution in [-0.4, -0.2) is 85.5 Å². The number of phenols is 2. The number of benzene rings is 4. The highest BCUT2D eigenvalue weighted by molar-refractivity contribution is 5.95. The molecule has 3 heterocycles. The maximum Gasteiger partial charge on any atom is 0.338 e. The number of aromatic hydroxyl groups is 2. The second-order valence-corrected chi connectivity index (χ2v) is 11.9. The van der Waals surface area contributed by atoms with E-state index in [0.29, 0.717) is 28.0 Å². The Balaban J connectivity index is 0.917. The van der Waals surface area contributed by atoms with Gasteiger partial charge in [0, 0.05) is 49.7 Å². The van der Waals surface area contributed by atoms with Crippen LogP contribution in [0.3, 0.4) is 0 Å². The van der Waals surface area contributed by atoms with Crippen molar-refractivity contribution in [2.75, 3.05) is 54.6 Å². The van der Waals surface area contributed by atoms with Gasteiger partial charge in [-0.3, -0.25) is 10.5 Å². The number of carbonyl (C=O) groups is 2. The molecule has 7 aromatic rings. The van der Waals surface area contributed by atoms with Gasteiger partial charge < -0.3 is 29.5 Å². The number of fused-ring (bicyclic) bond motifs is 5. The Morgan fingerprint density at radius 1 is 0.680 bits per heavy atom. The fourth-order valence-electron chi connectivity index (χ4n) is 6.26. The Bertz CT molecular complexity index is 2300. The van der Waals surface area contributed by atoms with Gasteiger partial charge in [-0.1, -0.05) is 0 Å². The Kier molecular flexibility index (Phi) is 8.43. The minimum Gasteiger partial charge on any atom is -0.506 e. The quantitative estimate of drug-likeness (QED) is 0.0646. The van der Waals surface area contributed by atoms with Crippen molar-refractivity contribution in [1.29, 1.82) is 0 Å². The predicted molar refractivity (Wildman–Crippen MR) is 192 cm³/mol. The lowest BCUT2D eigenvalue weighted by Gasteiger charge is -2.23. The maximum absolute atomic E-state index is 12.8. The SMILES string of the molecule is CCN(CC)c1ccc(Nn2[nH]c3cc(C(=O)OCCOC(=O)c4ccc5c(c4)n4n(-c6ccc(N(CC)CC)cc6O)n54)ccc32)c(O)c1. The van der Waals surface area contributed by atoms with Gasteiger partial charge in [0.2, 0.25) is 0 Å². The number of nitrogens with zero attached hydrogens (tertiary/aromatic N) is 6. The molecule has 4 N–H and O–H groups in total. The summed E-state index contributed by atoms with van der Waals surface area (Å²) in [4.78, 5) is 33.3. The van der Waals surface area contributed by atoms with Crippen LogP contribution >= 0.6 is 0 Å². The summed E-state index contributed by atoms with van der Waals surface area (Å²) in [5.41, 5.74) is 10.1. The topological polar surface area (TPSA) is 146 Å². The maximum atomic E-state index is 12.8. The van der Waals surface area contributed by atoms with Gasteiger partial charge in [0.25, 0.3) is 0 Å². The van der Waals surface area contributed by atoms with Crippen LogP contribution in [0, 0.1) is 0 Å². The minimum atomic E-state index is -0.544. The van der Waals surface area contributed by atoms with Crippen LogP contribution < -0.4 is 15.2 Å². The number of H-pyrrole nitrogens is 1. The van der Waals surface area contributed by atoms with Crippen molar-refractivity contribution in [3.63, 3.8) is 0 Å². The number of esters is 2. The van der Waals surface area contributed by atoms with E-state index in [1.807, 2.05) is 44.4 Å². The number of hydrogen-bond donors (Lipinski definition) is 4. The molecule has 260 valence electrons. The fourth-order valence-corrected chi connectivity index (χ4v) is 6.26. The molecule has 0 aliphatic rings. The number of ether oxygens (including phenoxy) is 2. The molecule has 0 amide bonds. The molecule has 0 aliphatic heterocycles. The first-order valence-corrected chi connectivity index (χ1v) is 16.8. The Labute approximate surface area is 287 Å². The van der Waals surface area contributed by atoms with Gasteiger partial charge >= 0.3 is 11.9 Å². The Morgan fingerprint density at radius 2 is 1.24 bits per heavy atom. The molecule has 14 heteroatoms. The molecule has 0 radical (unpaired) electrons. The van der Waals surface area contributed by atoms with E-state index in [9.17, 15) is 19.8 Å². The zero-order valence-corrected chi connectivity index (χ0v) is 28.4. The summed E-state index contributed by atoms with van der Waals surface area (Å²) >= 11 is 0. The van der Waals surface area contributed by atoms with E-state index >= 15 is 0 Å². The van der Waals surface area contributed by atoms with Crippen molar-refractivity contribution < 1.29 is 29.3 Å². The van der Waals surface area contributed by atoms with Gasteiger partial charge in [-0.25, -0.2) is 9.59 Å². The molecule has 0 spiro atoms. The first kappa shape index (κ1) is 32.4. The molecule has 3 aromatic heterocycles. The highest BCUT2D eigenvalue weighted by atomic mass is 16.6. The van der Waals surface area contributed by atoms with Crippen LogP contribution in [0.4, 0.5) is 17.1 Å². The lowest BCUT2D eigenvalue weighted by atomic mass is 10.2. The number of aromatic nitrogens is 5. The highest BCUT2D eigenvalue weighted by Crippen LogP contribution is 2.34. The van der Waals surface area contributed by atoms with E-state index < -0.39 is 11.9 Å². The zero-order chi connectivity index (χ0) is 35.1. The first-order valence-electron chi connectivity index (χ1n) is 16.8. The van der Waals surface area contributed by atoms with Crippen molar-refractivity contribution in [3.8, 4) is 17.2 Å². The molecule has 7 rings (SSSR count). The third-order valence-electron chi connectivity index (χ3n) is 9.05. The molecule has 4 aromatic carbocycles. The Morgan fingerprint density at radius 3 is 1.82 bits per heavy atom. The van der Waals surface area contributed by atoms with Gasteiger partial charge in [0.05, 0.1) is 22.3 Å². The van der Waals surface area contributed by atoms with Gasteiger partial charge in [0.1, 0.15) is 47.0 Å². The number of phenolic OH excluding ortho intramolecular Hbond substituents is 2. The molecule has 0 bridgehead atoms. The van der Waals surface area contributed by atoms with E-state index in [4.69, 9.17) is 9.47 Å². The predicted octanol–water partition coefficient (Wildman–Crippen LogP) is 5.70. The summed E-state index contributed by atoms with van der Waals surface area (Å²) < 4.78 is 14.5. The number of carbonyl (C=O) groups excluding carboxylic acids is 2. The monoisotopic (exact) mass is 680 g/mol. The van der Waals surface area contributed by atoms with Gasteiger partial charge in [-0.05, 0) is 88.4 Å². The van der Waals surface area contributed by atoms with E-state index in [2.05, 4.69) is 48.0 Å². The zero-order valence-electron chi connectivity index (χ0n) is 28.4. The first-order chi connectivity index (χ1) is 24.3. The van der Waals surface area contributed by atoms with Crippen molar-refractivity contribution in [2.45, 2.75) is 27.7 Å². The summed E-state index contributed by atoms with van der Waals surface area (Å²) in [6.45, 7) is 11.4. The largest absolute Gasteiger partial charge is 0.506 e. The average molecular weight is 681 g/mol. The number of aromatic amines is 1. The van der Waals surface area contributed by atoms with Crippen LogP contribution in [-0.2, 0) is 9.47 Å². The standard InChI is InChI=1S/C36H40N8O6/c1-5-39(6-2)25-11-13-27(33(45)21-25)37-41-29-14-9-23(19-28(29)38-41)35(47)49-17-18-50-36(48)24-10-15-30-32(20-24)44-42(30)43(44)31-16-12-26(22-34(31)46)40(7-3)8-4/h9-16,19-22,37-38,45-46H,5-8,17-18H2,1-4H3. The number of rotatable bonds is 14. The van der Waals surface area contributed by atoms with Crippen molar-refractivity contribution >= 4 is 51.1 Å². The summed E-state index contributed by atoms with van der Waals surface area (Å²) in [7, 11) is 0. The van der Waals surface area contributed by atoms with Crippen LogP contribution in [0.5, 0.6) is 11.5 Å². The van der Waals surface area contributed by atoms with Gasteiger partial charge in [0.15, 0.2) is 0 Å². The van der Waals surface area contributed by atoms with E-state index in [1.165, 1.54) is 0 Å². The van der Waals surface area contributed by atoms with Crippen LogP contribution in [0.1, 0.15) is 48.4 Å². The lowest BCUT2D eigenvalue weighted by molar-refractivity contribution is 0.0266. The average Bonchev–Trinajstić information content (AvgIpc) is 3.77. The van der Waals surface area contributed by atoms with Crippen LogP contribution in [0.15, 0.2) is 72.8 Å². The molecule has 0 atom stereocenters.